The Hall–Kier alpha value is -1.80. The summed E-state index contributed by atoms with van der Waals surface area (Å²) in [6, 6.07) is 1.27. The van der Waals surface area contributed by atoms with E-state index in [0.29, 0.717) is 26.2 Å². The quantitative estimate of drug-likeness (QED) is 0.800. The molecule has 0 bridgehead atoms. The zero-order chi connectivity index (χ0) is 17.7. The molecule has 2 unspecified atom stereocenters. The van der Waals surface area contributed by atoms with Gasteiger partial charge in [-0.15, -0.1) is 0 Å². The zero-order valence-corrected chi connectivity index (χ0v) is 13.4. The van der Waals surface area contributed by atoms with Gasteiger partial charge in [0.15, 0.2) is 17.5 Å². The van der Waals surface area contributed by atoms with Crippen molar-refractivity contribution in [3.05, 3.63) is 35.1 Å². The lowest BCUT2D eigenvalue weighted by molar-refractivity contribution is -0.00425. The third-order valence-corrected chi connectivity index (χ3v) is 3.84. The van der Waals surface area contributed by atoms with E-state index in [-0.39, 0.29) is 30.6 Å². The summed E-state index contributed by atoms with van der Waals surface area (Å²) in [6.45, 7) is 2.97. The fourth-order valence-corrected chi connectivity index (χ4v) is 2.68. The number of ether oxygens (including phenoxy) is 1. The van der Waals surface area contributed by atoms with Crippen LogP contribution in [-0.4, -0.2) is 54.5 Å². The van der Waals surface area contributed by atoms with Crippen LogP contribution in [0.5, 0.6) is 0 Å². The van der Waals surface area contributed by atoms with E-state index in [4.69, 9.17) is 4.74 Å². The first-order chi connectivity index (χ1) is 11.4. The second-order valence-electron chi connectivity index (χ2n) is 5.86. The Morgan fingerprint density at radius 1 is 1.42 bits per heavy atom. The average molecular weight is 346 g/mol. The van der Waals surface area contributed by atoms with Crippen LogP contribution in [0.4, 0.5) is 18.0 Å². The smallest absolute Gasteiger partial charge is 0.317 e. The summed E-state index contributed by atoms with van der Waals surface area (Å²) in [4.78, 5) is 13.8. The number of morpholine rings is 1. The minimum Gasteiger partial charge on any atom is -0.393 e. The third kappa shape index (κ3) is 4.85. The molecule has 2 N–H and O–H groups in total. The van der Waals surface area contributed by atoms with Gasteiger partial charge in [-0.3, -0.25) is 0 Å². The number of halogens is 3. The van der Waals surface area contributed by atoms with Crippen LogP contribution in [0.1, 0.15) is 18.9 Å². The minimum absolute atomic E-state index is 0.155. The molecule has 1 aromatic rings. The molecule has 2 amide bonds. The van der Waals surface area contributed by atoms with E-state index in [1.165, 1.54) is 0 Å². The Morgan fingerprint density at radius 3 is 2.71 bits per heavy atom. The van der Waals surface area contributed by atoms with Crippen LogP contribution in [0.25, 0.3) is 0 Å². The molecule has 2 atom stereocenters. The number of hydrogen-bond donors (Lipinski definition) is 2. The van der Waals surface area contributed by atoms with Crippen LogP contribution < -0.4 is 5.32 Å². The fraction of sp³-hybridized carbons (Fsp3) is 0.562. The number of carbonyl (C=O) groups excluding carboxylic acids is 1. The molecule has 8 heteroatoms. The largest absolute Gasteiger partial charge is 0.393 e. The molecule has 0 radical (unpaired) electrons. The van der Waals surface area contributed by atoms with Crippen LogP contribution >= 0.6 is 0 Å². The van der Waals surface area contributed by atoms with Crippen molar-refractivity contribution >= 4 is 6.03 Å². The van der Waals surface area contributed by atoms with Gasteiger partial charge in [0.25, 0.3) is 0 Å². The van der Waals surface area contributed by atoms with Gasteiger partial charge < -0.3 is 20.1 Å². The van der Waals surface area contributed by atoms with Crippen molar-refractivity contribution in [2.24, 2.45) is 0 Å². The number of urea groups is 1. The molecule has 1 aliphatic heterocycles. The molecular weight excluding hydrogens is 325 g/mol. The number of benzene rings is 1. The molecule has 134 valence electrons. The summed E-state index contributed by atoms with van der Waals surface area (Å²) >= 11 is 0. The van der Waals surface area contributed by atoms with E-state index < -0.39 is 23.6 Å². The summed E-state index contributed by atoms with van der Waals surface area (Å²) in [5.74, 6) is -4.00. The van der Waals surface area contributed by atoms with Gasteiger partial charge in [-0.25, -0.2) is 18.0 Å². The number of nitrogens with one attached hydrogen (secondary N) is 1. The summed E-state index contributed by atoms with van der Waals surface area (Å²) in [7, 11) is 0. The monoisotopic (exact) mass is 346 g/mol. The lowest BCUT2D eigenvalue weighted by atomic mass is 10.1. The van der Waals surface area contributed by atoms with Crippen molar-refractivity contribution in [1.82, 2.24) is 10.2 Å². The minimum atomic E-state index is -1.50. The maximum absolute atomic E-state index is 13.1. The Bertz CT molecular complexity index is 561. The highest BCUT2D eigenvalue weighted by atomic mass is 19.2. The lowest BCUT2D eigenvalue weighted by Crippen LogP contribution is -2.53. The molecule has 0 spiro atoms. The Morgan fingerprint density at radius 2 is 2.08 bits per heavy atom. The van der Waals surface area contributed by atoms with E-state index in [1.54, 1.807) is 11.8 Å². The third-order valence-electron chi connectivity index (χ3n) is 3.84. The Labute approximate surface area is 138 Å². The van der Waals surface area contributed by atoms with Crippen LogP contribution in [0.3, 0.4) is 0 Å². The molecular formula is C16H21F3N2O3. The van der Waals surface area contributed by atoms with Gasteiger partial charge in [-0.2, -0.15) is 0 Å². The molecule has 0 aliphatic carbocycles. The normalized spacial score (nSPS) is 19.2. The molecule has 1 aromatic carbocycles. The topological polar surface area (TPSA) is 61.8 Å². The lowest BCUT2D eigenvalue weighted by Gasteiger charge is -2.36. The number of carbonyl (C=O) groups is 1. The summed E-state index contributed by atoms with van der Waals surface area (Å²) in [5, 5.41) is 12.2. The SMILES string of the molecule is CC(O)CC1COCCN1C(=O)NCCc1cc(F)c(F)c(F)c1. The summed E-state index contributed by atoms with van der Waals surface area (Å²) < 4.78 is 44.5. The van der Waals surface area contributed by atoms with E-state index >= 15 is 0 Å². The first kappa shape index (κ1) is 18.5. The fourth-order valence-electron chi connectivity index (χ4n) is 2.68. The molecule has 1 fully saturated rings. The van der Waals surface area contributed by atoms with Crippen LogP contribution in [0, 0.1) is 17.5 Å². The number of aliphatic hydroxyl groups is 1. The van der Waals surface area contributed by atoms with Gasteiger partial charge in [-0.1, -0.05) is 0 Å². The van der Waals surface area contributed by atoms with Crippen molar-refractivity contribution in [2.75, 3.05) is 26.3 Å². The predicted octanol–water partition coefficient (Wildman–Crippen LogP) is 1.83. The van der Waals surface area contributed by atoms with E-state index in [0.717, 1.165) is 12.1 Å². The van der Waals surface area contributed by atoms with Crippen molar-refractivity contribution in [2.45, 2.75) is 31.9 Å². The molecule has 1 aliphatic rings. The van der Waals surface area contributed by atoms with Gasteiger partial charge in [-0.05, 0) is 37.5 Å². The number of hydrogen-bond acceptors (Lipinski definition) is 3. The predicted molar refractivity (Wildman–Crippen MR) is 81.0 cm³/mol. The maximum Gasteiger partial charge on any atom is 0.317 e. The number of rotatable bonds is 5. The Kier molecular flexibility index (Phi) is 6.44. The van der Waals surface area contributed by atoms with E-state index in [1.807, 2.05) is 0 Å². The first-order valence-corrected chi connectivity index (χ1v) is 7.82. The van der Waals surface area contributed by atoms with E-state index in [2.05, 4.69) is 5.32 Å². The van der Waals surface area contributed by atoms with Gasteiger partial charge in [0, 0.05) is 13.1 Å². The second-order valence-corrected chi connectivity index (χ2v) is 5.86. The van der Waals surface area contributed by atoms with Crippen molar-refractivity contribution in [3.63, 3.8) is 0 Å². The molecule has 0 saturated carbocycles. The van der Waals surface area contributed by atoms with Crippen LogP contribution in [-0.2, 0) is 11.2 Å². The number of aliphatic hydroxyl groups excluding tert-OH is 1. The molecule has 24 heavy (non-hydrogen) atoms. The highest BCUT2D eigenvalue weighted by Gasteiger charge is 2.28. The Balaban J connectivity index is 1.88. The van der Waals surface area contributed by atoms with Gasteiger partial charge in [0.1, 0.15) is 0 Å². The highest BCUT2D eigenvalue weighted by Crippen LogP contribution is 2.15. The van der Waals surface area contributed by atoms with Crippen molar-refractivity contribution in [1.29, 1.82) is 0 Å². The zero-order valence-electron chi connectivity index (χ0n) is 13.4. The molecule has 1 heterocycles. The molecule has 1 saturated heterocycles. The molecule has 5 nitrogen and oxygen atoms in total. The maximum atomic E-state index is 13.1. The highest BCUT2D eigenvalue weighted by molar-refractivity contribution is 5.74. The second kappa shape index (κ2) is 8.34. The standard InChI is InChI=1S/C16H21F3N2O3/c1-10(22)6-12-9-24-5-4-21(12)16(23)20-3-2-11-7-13(17)15(19)14(18)8-11/h7-8,10,12,22H,2-6,9H2,1H3,(H,20,23). The van der Waals surface area contributed by atoms with Gasteiger partial charge in [0.05, 0.1) is 25.4 Å². The van der Waals surface area contributed by atoms with Gasteiger partial charge >= 0.3 is 6.03 Å². The number of amides is 2. The molecule has 0 aromatic heterocycles. The van der Waals surface area contributed by atoms with Crippen molar-refractivity contribution in [3.8, 4) is 0 Å². The average Bonchev–Trinajstić information content (AvgIpc) is 2.52. The van der Waals surface area contributed by atoms with Gasteiger partial charge in [0.2, 0.25) is 0 Å². The van der Waals surface area contributed by atoms with Crippen LogP contribution in [0.15, 0.2) is 12.1 Å². The summed E-state index contributed by atoms with van der Waals surface area (Å²) in [5.41, 5.74) is 0.259. The molecule has 2 rings (SSSR count). The van der Waals surface area contributed by atoms with Crippen molar-refractivity contribution < 1.29 is 27.8 Å². The van der Waals surface area contributed by atoms with E-state index in [9.17, 15) is 23.1 Å². The first-order valence-electron chi connectivity index (χ1n) is 7.82. The number of nitrogens with zero attached hydrogens (tertiary/aromatic N) is 1. The van der Waals surface area contributed by atoms with Crippen LogP contribution in [0.2, 0.25) is 0 Å². The summed E-state index contributed by atoms with van der Waals surface area (Å²) in [6.07, 6.45) is 0.0183.